The van der Waals surface area contributed by atoms with E-state index in [2.05, 4.69) is 46.1 Å². The first-order valence-corrected chi connectivity index (χ1v) is 9.34. The number of nitrogens with one attached hydrogen (secondary N) is 1. The summed E-state index contributed by atoms with van der Waals surface area (Å²) in [6, 6.07) is 12.1. The fourth-order valence-electron chi connectivity index (χ4n) is 2.84. The van der Waals surface area contributed by atoms with Gasteiger partial charge in [-0.1, -0.05) is 0 Å². The summed E-state index contributed by atoms with van der Waals surface area (Å²) < 4.78 is 0. The van der Waals surface area contributed by atoms with Crippen molar-refractivity contribution < 1.29 is 4.79 Å². The van der Waals surface area contributed by atoms with Crippen LogP contribution in [0.1, 0.15) is 25.8 Å². The van der Waals surface area contributed by atoms with E-state index in [0.29, 0.717) is 6.42 Å². The molecule has 1 aromatic carbocycles. The van der Waals surface area contributed by atoms with E-state index in [1.165, 1.54) is 11.3 Å². The Bertz CT molecular complexity index is 653. The number of nitrogens with zero attached hydrogens (tertiary/aromatic N) is 3. The second-order valence-electron chi connectivity index (χ2n) is 6.43. The molecule has 140 valence electrons. The van der Waals surface area contributed by atoms with E-state index in [9.17, 15) is 4.79 Å². The van der Waals surface area contributed by atoms with Crippen molar-refractivity contribution >= 4 is 17.3 Å². The standard InChI is InChI=1S/C21H30N4O/c1-4-25(5-2)20-8-6-19(7-9-20)23-21(26)13-17-24(3)16-12-18-10-14-22-15-11-18/h6-11,14-15H,4-5,12-13,16-17H2,1-3H3,(H,23,26). The maximum absolute atomic E-state index is 12.2. The molecule has 5 nitrogen and oxygen atoms in total. The number of amides is 1. The van der Waals surface area contributed by atoms with Crippen LogP contribution < -0.4 is 10.2 Å². The number of likely N-dealkylation sites (N-methyl/N-ethyl adjacent to an activating group) is 1. The summed E-state index contributed by atoms with van der Waals surface area (Å²) in [7, 11) is 2.05. The molecule has 0 aliphatic heterocycles. The molecular formula is C21H30N4O. The van der Waals surface area contributed by atoms with Gasteiger partial charge < -0.3 is 15.1 Å². The summed E-state index contributed by atoms with van der Waals surface area (Å²) in [4.78, 5) is 20.7. The van der Waals surface area contributed by atoms with E-state index in [1.807, 2.05) is 43.7 Å². The van der Waals surface area contributed by atoms with E-state index in [4.69, 9.17) is 0 Å². The Morgan fingerprint density at radius 3 is 2.27 bits per heavy atom. The molecule has 0 saturated carbocycles. The van der Waals surface area contributed by atoms with Crippen LogP contribution >= 0.6 is 0 Å². The smallest absolute Gasteiger partial charge is 0.225 e. The summed E-state index contributed by atoms with van der Waals surface area (Å²) in [5, 5.41) is 2.98. The lowest BCUT2D eigenvalue weighted by Crippen LogP contribution is -2.26. The molecule has 0 aliphatic carbocycles. The quantitative estimate of drug-likeness (QED) is 0.710. The number of pyridine rings is 1. The Labute approximate surface area is 157 Å². The predicted molar refractivity (Wildman–Crippen MR) is 109 cm³/mol. The molecule has 0 saturated heterocycles. The van der Waals surface area contributed by atoms with Gasteiger partial charge in [-0.05, 0) is 69.3 Å². The van der Waals surface area contributed by atoms with Crippen LogP contribution in [-0.2, 0) is 11.2 Å². The zero-order valence-corrected chi connectivity index (χ0v) is 16.1. The van der Waals surface area contributed by atoms with Crippen LogP contribution in [0.4, 0.5) is 11.4 Å². The van der Waals surface area contributed by atoms with Crippen molar-refractivity contribution in [3.05, 3.63) is 54.4 Å². The van der Waals surface area contributed by atoms with Gasteiger partial charge in [-0.2, -0.15) is 0 Å². The van der Waals surface area contributed by atoms with Gasteiger partial charge >= 0.3 is 0 Å². The third-order valence-corrected chi connectivity index (χ3v) is 4.53. The van der Waals surface area contributed by atoms with E-state index >= 15 is 0 Å². The van der Waals surface area contributed by atoms with E-state index < -0.39 is 0 Å². The number of anilines is 2. The highest BCUT2D eigenvalue weighted by molar-refractivity contribution is 5.91. The van der Waals surface area contributed by atoms with Crippen LogP contribution in [0, 0.1) is 0 Å². The third kappa shape index (κ3) is 6.48. The monoisotopic (exact) mass is 354 g/mol. The molecule has 0 radical (unpaired) electrons. The average Bonchev–Trinajstić information content (AvgIpc) is 2.68. The Hall–Kier alpha value is -2.40. The molecule has 0 fully saturated rings. The Morgan fingerprint density at radius 1 is 1.00 bits per heavy atom. The molecule has 0 atom stereocenters. The van der Waals surface area contributed by atoms with Crippen LogP contribution in [-0.4, -0.2) is 49.0 Å². The second kappa shape index (κ2) is 10.6. The number of carbonyl (C=O) groups is 1. The van der Waals surface area contributed by atoms with Crippen molar-refractivity contribution in [2.45, 2.75) is 26.7 Å². The molecule has 26 heavy (non-hydrogen) atoms. The number of carbonyl (C=O) groups excluding carboxylic acids is 1. The molecular weight excluding hydrogens is 324 g/mol. The molecule has 0 aliphatic rings. The fourth-order valence-corrected chi connectivity index (χ4v) is 2.84. The van der Waals surface area contributed by atoms with Crippen molar-refractivity contribution in [3.8, 4) is 0 Å². The Morgan fingerprint density at radius 2 is 1.65 bits per heavy atom. The lowest BCUT2D eigenvalue weighted by atomic mass is 10.2. The largest absolute Gasteiger partial charge is 0.372 e. The lowest BCUT2D eigenvalue weighted by Gasteiger charge is -2.21. The minimum Gasteiger partial charge on any atom is -0.372 e. The highest BCUT2D eigenvalue weighted by Crippen LogP contribution is 2.17. The number of rotatable bonds is 10. The highest BCUT2D eigenvalue weighted by Gasteiger charge is 2.07. The minimum absolute atomic E-state index is 0.0522. The zero-order valence-electron chi connectivity index (χ0n) is 16.1. The summed E-state index contributed by atoms with van der Waals surface area (Å²) in [5.74, 6) is 0.0522. The van der Waals surface area contributed by atoms with Crippen LogP contribution in [0.5, 0.6) is 0 Å². The summed E-state index contributed by atoms with van der Waals surface area (Å²) in [6.07, 6.45) is 5.08. The third-order valence-electron chi connectivity index (χ3n) is 4.53. The van der Waals surface area contributed by atoms with Gasteiger partial charge in [-0.25, -0.2) is 0 Å². The first kappa shape index (κ1) is 19.9. The first-order chi connectivity index (χ1) is 12.6. The molecule has 0 unspecified atom stereocenters. The number of benzene rings is 1. The fraction of sp³-hybridized carbons (Fsp3) is 0.429. The normalized spacial score (nSPS) is 10.8. The number of hydrogen-bond acceptors (Lipinski definition) is 4. The Balaban J connectivity index is 1.72. The first-order valence-electron chi connectivity index (χ1n) is 9.34. The van der Waals surface area contributed by atoms with Crippen LogP contribution in [0.2, 0.25) is 0 Å². The van der Waals surface area contributed by atoms with Crippen molar-refractivity contribution in [2.24, 2.45) is 0 Å². The minimum atomic E-state index is 0.0522. The number of aromatic nitrogens is 1. The lowest BCUT2D eigenvalue weighted by molar-refractivity contribution is -0.116. The molecule has 5 heteroatoms. The van der Waals surface area contributed by atoms with Crippen LogP contribution in [0.25, 0.3) is 0 Å². The van der Waals surface area contributed by atoms with E-state index in [-0.39, 0.29) is 5.91 Å². The van der Waals surface area contributed by atoms with Gasteiger partial charge in [0, 0.05) is 56.4 Å². The predicted octanol–water partition coefficient (Wildman–Crippen LogP) is 3.43. The molecule has 2 aromatic rings. The molecule has 1 aromatic heterocycles. The summed E-state index contributed by atoms with van der Waals surface area (Å²) in [6.45, 7) is 7.92. The average molecular weight is 354 g/mol. The summed E-state index contributed by atoms with van der Waals surface area (Å²) in [5.41, 5.74) is 3.30. The van der Waals surface area contributed by atoms with Gasteiger partial charge in [-0.3, -0.25) is 9.78 Å². The molecule has 1 heterocycles. The van der Waals surface area contributed by atoms with Crippen molar-refractivity contribution in [1.82, 2.24) is 9.88 Å². The summed E-state index contributed by atoms with van der Waals surface area (Å²) >= 11 is 0. The van der Waals surface area contributed by atoms with Gasteiger partial charge in [0.2, 0.25) is 5.91 Å². The molecule has 1 amide bonds. The van der Waals surface area contributed by atoms with E-state index in [1.54, 1.807) is 0 Å². The molecule has 0 spiro atoms. The van der Waals surface area contributed by atoms with Crippen LogP contribution in [0.15, 0.2) is 48.8 Å². The molecule has 2 rings (SSSR count). The van der Waals surface area contributed by atoms with Crippen molar-refractivity contribution in [3.63, 3.8) is 0 Å². The SMILES string of the molecule is CCN(CC)c1ccc(NC(=O)CCN(C)CCc2ccncc2)cc1. The van der Waals surface area contributed by atoms with Gasteiger partial charge in [-0.15, -0.1) is 0 Å². The topological polar surface area (TPSA) is 48.5 Å². The van der Waals surface area contributed by atoms with Gasteiger partial charge in [0.1, 0.15) is 0 Å². The molecule has 1 N–H and O–H groups in total. The van der Waals surface area contributed by atoms with Crippen LogP contribution in [0.3, 0.4) is 0 Å². The maximum atomic E-state index is 12.2. The Kier molecular flexibility index (Phi) is 8.09. The molecule has 0 bridgehead atoms. The highest BCUT2D eigenvalue weighted by atomic mass is 16.1. The van der Waals surface area contributed by atoms with Crippen molar-refractivity contribution in [2.75, 3.05) is 43.4 Å². The zero-order chi connectivity index (χ0) is 18.8. The van der Waals surface area contributed by atoms with Gasteiger partial charge in [0.15, 0.2) is 0 Å². The van der Waals surface area contributed by atoms with Gasteiger partial charge in [0.25, 0.3) is 0 Å². The van der Waals surface area contributed by atoms with Gasteiger partial charge in [0.05, 0.1) is 0 Å². The van der Waals surface area contributed by atoms with Crippen molar-refractivity contribution in [1.29, 1.82) is 0 Å². The number of hydrogen-bond donors (Lipinski definition) is 1. The maximum Gasteiger partial charge on any atom is 0.225 e. The van der Waals surface area contributed by atoms with E-state index in [0.717, 1.165) is 38.3 Å². The second-order valence-corrected chi connectivity index (χ2v) is 6.43.